The van der Waals surface area contributed by atoms with Crippen LogP contribution in [0.3, 0.4) is 0 Å². The number of likely N-dealkylation sites (tertiary alicyclic amines) is 1. The highest BCUT2D eigenvalue weighted by Crippen LogP contribution is 2.23. The van der Waals surface area contributed by atoms with Crippen LogP contribution in [0.5, 0.6) is 0 Å². The summed E-state index contributed by atoms with van der Waals surface area (Å²) in [6, 6.07) is 8.39. The molecule has 1 saturated heterocycles. The van der Waals surface area contributed by atoms with Crippen molar-refractivity contribution in [1.29, 1.82) is 0 Å². The Kier molecular flexibility index (Phi) is 3.40. The van der Waals surface area contributed by atoms with Gasteiger partial charge in [-0.25, -0.2) is 0 Å². The van der Waals surface area contributed by atoms with Crippen LogP contribution >= 0.6 is 0 Å². The maximum absolute atomic E-state index is 3.75. The van der Waals surface area contributed by atoms with Gasteiger partial charge in [0.15, 0.2) is 0 Å². The second kappa shape index (κ2) is 5.02. The maximum atomic E-state index is 3.75. The Morgan fingerprint density at radius 2 is 2.00 bits per heavy atom. The lowest BCUT2D eigenvalue weighted by atomic mass is 10.1. The van der Waals surface area contributed by atoms with Crippen molar-refractivity contribution < 1.29 is 0 Å². The van der Waals surface area contributed by atoms with Crippen molar-refractivity contribution in [2.45, 2.75) is 51.7 Å². The molecule has 1 N–H and O–H groups in total. The second-order valence-corrected chi connectivity index (χ2v) is 6.09. The van der Waals surface area contributed by atoms with Gasteiger partial charge in [-0.2, -0.15) is 0 Å². The molecule has 2 aliphatic rings. The molecule has 1 atom stereocenters. The molecule has 0 radical (unpaired) electrons. The lowest BCUT2D eigenvalue weighted by Crippen LogP contribution is -2.33. The zero-order chi connectivity index (χ0) is 12.5. The van der Waals surface area contributed by atoms with Gasteiger partial charge in [0.1, 0.15) is 0 Å². The minimum atomic E-state index is 0.739. The van der Waals surface area contributed by atoms with Crippen LogP contribution in [0.1, 0.15) is 36.0 Å². The topological polar surface area (TPSA) is 15.3 Å². The van der Waals surface area contributed by atoms with Crippen LogP contribution in [0.15, 0.2) is 18.2 Å². The van der Waals surface area contributed by atoms with Crippen molar-refractivity contribution in [2.75, 3.05) is 13.1 Å². The first-order chi connectivity index (χ1) is 8.70. The van der Waals surface area contributed by atoms with Gasteiger partial charge >= 0.3 is 0 Å². The molecule has 2 nitrogen and oxygen atoms in total. The van der Waals surface area contributed by atoms with Crippen molar-refractivity contribution in [2.24, 2.45) is 0 Å². The quantitative estimate of drug-likeness (QED) is 0.876. The normalized spacial score (nSPS) is 24.7. The van der Waals surface area contributed by atoms with Crippen LogP contribution in [0.4, 0.5) is 0 Å². The summed E-state index contributed by atoms with van der Waals surface area (Å²) in [6.45, 7) is 8.01. The monoisotopic (exact) mass is 244 g/mol. The molecule has 1 aromatic carbocycles. The van der Waals surface area contributed by atoms with Crippen molar-refractivity contribution in [3.8, 4) is 0 Å². The fourth-order valence-corrected chi connectivity index (χ4v) is 2.91. The lowest BCUT2D eigenvalue weighted by molar-refractivity contribution is 0.319. The summed E-state index contributed by atoms with van der Waals surface area (Å²) < 4.78 is 0. The first-order valence-corrected chi connectivity index (χ1v) is 7.25. The van der Waals surface area contributed by atoms with Gasteiger partial charge in [0.2, 0.25) is 0 Å². The van der Waals surface area contributed by atoms with E-state index in [4.69, 9.17) is 0 Å². The summed E-state index contributed by atoms with van der Waals surface area (Å²) in [5, 5.41) is 3.75. The molecule has 1 heterocycles. The first kappa shape index (κ1) is 12.2. The van der Waals surface area contributed by atoms with E-state index < -0.39 is 0 Å². The Morgan fingerprint density at radius 3 is 2.78 bits per heavy atom. The van der Waals surface area contributed by atoms with Gasteiger partial charge in [0, 0.05) is 31.7 Å². The summed E-state index contributed by atoms with van der Waals surface area (Å²) >= 11 is 0. The zero-order valence-corrected chi connectivity index (χ0v) is 11.6. The summed E-state index contributed by atoms with van der Waals surface area (Å²) in [4.78, 5) is 2.60. The Bertz CT molecular complexity index is 423. The number of aryl methyl sites for hydroxylation is 2. The van der Waals surface area contributed by atoms with Gasteiger partial charge in [0.05, 0.1) is 0 Å². The van der Waals surface area contributed by atoms with Gasteiger partial charge in [-0.05, 0) is 44.2 Å². The number of rotatable bonds is 4. The molecular weight excluding hydrogens is 220 g/mol. The Morgan fingerprint density at radius 1 is 1.17 bits per heavy atom. The Labute approximate surface area is 110 Å². The Hall–Kier alpha value is -0.860. The van der Waals surface area contributed by atoms with Crippen LogP contribution in [0.25, 0.3) is 0 Å². The average molecular weight is 244 g/mol. The van der Waals surface area contributed by atoms with E-state index in [1.54, 1.807) is 0 Å². The molecular formula is C16H24N2. The standard InChI is InChI=1S/C16H24N2/c1-12-3-4-13(2)14(9-12)10-18-8-7-16(11-18)17-15-5-6-15/h3-4,9,15-17H,5-8,10-11H2,1-2H3. The molecule has 1 unspecified atom stereocenters. The van der Waals surface area contributed by atoms with Gasteiger partial charge in [0.25, 0.3) is 0 Å². The van der Waals surface area contributed by atoms with Gasteiger partial charge in [-0.15, -0.1) is 0 Å². The fourth-order valence-electron chi connectivity index (χ4n) is 2.91. The highest BCUT2D eigenvalue weighted by Gasteiger charge is 2.29. The fraction of sp³-hybridized carbons (Fsp3) is 0.625. The predicted molar refractivity (Wildman–Crippen MR) is 75.8 cm³/mol. The predicted octanol–water partition coefficient (Wildman–Crippen LogP) is 2.63. The molecule has 1 aliphatic heterocycles. The highest BCUT2D eigenvalue weighted by molar-refractivity contribution is 5.30. The SMILES string of the molecule is Cc1ccc(C)c(CN2CCC(NC3CC3)C2)c1. The zero-order valence-electron chi connectivity index (χ0n) is 11.6. The van der Waals surface area contributed by atoms with Crippen molar-refractivity contribution in [1.82, 2.24) is 10.2 Å². The smallest absolute Gasteiger partial charge is 0.0237 e. The molecule has 2 fully saturated rings. The lowest BCUT2D eigenvalue weighted by Gasteiger charge is -2.18. The summed E-state index contributed by atoms with van der Waals surface area (Å²) in [7, 11) is 0. The molecule has 0 spiro atoms. The third-order valence-electron chi connectivity index (χ3n) is 4.22. The van der Waals surface area contributed by atoms with Gasteiger partial charge < -0.3 is 5.32 Å². The molecule has 0 aromatic heterocycles. The molecule has 2 heteroatoms. The van der Waals surface area contributed by atoms with Gasteiger partial charge in [-0.1, -0.05) is 23.8 Å². The maximum Gasteiger partial charge on any atom is 0.0237 e. The molecule has 1 saturated carbocycles. The van der Waals surface area contributed by atoms with E-state index in [9.17, 15) is 0 Å². The second-order valence-electron chi connectivity index (χ2n) is 6.09. The van der Waals surface area contributed by atoms with Crippen LogP contribution < -0.4 is 5.32 Å². The van der Waals surface area contributed by atoms with E-state index in [2.05, 4.69) is 42.3 Å². The minimum absolute atomic E-state index is 0.739. The number of benzene rings is 1. The van der Waals surface area contributed by atoms with E-state index in [-0.39, 0.29) is 0 Å². The van der Waals surface area contributed by atoms with Crippen LogP contribution in [0.2, 0.25) is 0 Å². The van der Waals surface area contributed by atoms with Crippen molar-refractivity contribution >= 4 is 0 Å². The van der Waals surface area contributed by atoms with Gasteiger partial charge in [-0.3, -0.25) is 4.90 Å². The molecule has 1 aromatic rings. The number of hydrogen-bond donors (Lipinski definition) is 1. The van der Waals surface area contributed by atoms with E-state index in [0.29, 0.717) is 0 Å². The van der Waals surface area contributed by atoms with Crippen LogP contribution in [-0.4, -0.2) is 30.1 Å². The minimum Gasteiger partial charge on any atom is -0.310 e. The third kappa shape index (κ3) is 2.93. The van der Waals surface area contributed by atoms with E-state index >= 15 is 0 Å². The van der Waals surface area contributed by atoms with Crippen molar-refractivity contribution in [3.63, 3.8) is 0 Å². The average Bonchev–Trinajstić information content (AvgIpc) is 3.04. The third-order valence-corrected chi connectivity index (χ3v) is 4.22. The van der Waals surface area contributed by atoms with E-state index in [0.717, 1.165) is 18.6 Å². The number of hydrogen-bond acceptors (Lipinski definition) is 2. The molecule has 3 rings (SSSR count). The van der Waals surface area contributed by atoms with Crippen LogP contribution in [0, 0.1) is 13.8 Å². The summed E-state index contributed by atoms with van der Waals surface area (Å²) in [6.07, 6.45) is 4.11. The van der Waals surface area contributed by atoms with Crippen LogP contribution in [-0.2, 0) is 6.54 Å². The highest BCUT2D eigenvalue weighted by atomic mass is 15.2. The molecule has 18 heavy (non-hydrogen) atoms. The van der Waals surface area contributed by atoms with E-state index in [1.165, 1.54) is 49.0 Å². The molecule has 0 amide bonds. The van der Waals surface area contributed by atoms with E-state index in [1.807, 2.05) is 0 Å². The number of nitrogens with zero attached hydrogens (tertiary/aromatic N) is 1. The molecule has 1 aliphatic carbocycles. The number of nitrogens with one attached hydrogen (secondary N) is 1. The largest absolute Gasteiger partial charge is 0.310 e. The molecule has 0 bridgehead atoms. The Balaban J connectivity index is 1.57. The summed E-state index contributed by atoms with van der Waals surface area (Å²) in [5.41, 5.74) is 4.31. The molecule has 98 valence electrons. The van der Waals surface area contributed by atoms with Crippen molar-refractivity contribution in [3.05, 3.63) is 34.9 Å². The first-order valence-electron chi connectivity index (χ1n) is 7.25. The summed E-state index contributed by atoms with van der Waals surface area (Å²) in [5.74, 6) is 0.